The second-order valence-corrected chi connectivity index (χ2v) is 6.47. The summed E-state index contributed by atoms with van der Waals surface area (Å²) >= 11 is 0. The Morgan fingerprint density at radius 2 is 2.00 bits per heavy atom. The molecule has 4 fully saturated rings. The van der Waals surface area contributed by atoms with Gasteiger partial charge in [0.05, 0.1) is 5.54 Å². The number of nitrogens with two attached hydrogens (primary N) is 1. The lowest BCUT2D eigenvalue weighted by Crippen LogP contribution is -2.44. The van der Waals surface area contributed by atoms with E-state index in [0.29, 0.717) is 12.0 Å². The maximum atomic E-state index is 12.1. The van der Waals surface area contributed by atoms with Crippen molar-refractivity contribution in [3.63, 3.8) is 0 Å². The fourth-order valence-corrected chi connectivity index (χ4v) is 3.41. The Hall–Kier alpha value is -0.770. The molecule has 2 atom stereocenters. The van der Waals surface area contributed by atoms with Gasteiger partial charge in [-0.3, -0.25) is 4.90 Å². The van der Waals surface area contributed by atoms with Crippen LogP contribution in [0.25, 0.3) is 0 Å². The molecule has 0 aromatic rings. The maximum absolute atomic E-state index is 12.1. The largest absolute Gasteiger partial charge is 0.444 e. The first-order valence-corrected chi connectivity index (χ1v) is 6.12. The van der Waals surface area contributed by atoms with Gasteiger partial charge in [-0.15, -0.1) is 0 Å². The molecule has 0 aromatic heterocycles. The minimum Gasteiger partial charge on any atom is -0.444 e. The van der Waals surface area contributed by atoms with E-state index in [1.165, 1.54) is 0 Å². The number of ether oxygens (including phenoxy) is 1. The van der Waals surface area contributed by atoms with E-state index in [9.17, 15) is 4.79 Å². The summed E-state index contributed by atoms with van der Waals surface area (Å²) in [4.78, 5) is 14.1. The van der Waals surface area contributed by atoms with Crippen molar-refractivity contribution in [2.24, 2.45) is 11.7 Å². The van der Waals surface area contributed by atoms with E-state index in [1.807, 2.05) is 25.7 Å². The predicted molar refractivity (Wildman–Crippen MR) is 59.9 cm³/mol. The van der Waals surface area contributed by atoms with Gasteiger partial charge in [0.1, 0.15) is 5.60 Å². The predicted octanol–water partition coefficient (Wildman–Crippen LogP) is 1.49. The van der Waals surface area contributed by atoms with E-state index in [-0.39, 0.29) is 17.7 Å². The highest BCUT2D eigenvalue weighted by atomic mass is 16.6. The van der Waals surface area contributed by atoms with Crippen molar-refractivity contribution >= 4 is 6.09 Å². The molecule has 2 N–H and O–H groups in total. The van der Waals surface area contributed by atoms with Crippen molar-refractivity contribution in [1.29, 1.82) is 0 Å². The molecule has 4 rings (SSSR count). The quantitative estimate of drug-likeness (QED) is 0.678. The average Bonchev–Trinajstić information content (AvgIpc) is 2.50. The van der Waals surface area contributed by atoms with Gasteiger partial charge in [0, 0.05) is 12.1 Å². The lowest BCUT2D eigenvalue weighted by molar-refractivity contribution is 0.0165. The van der Waals surface area contributed by atoms with Crippen LogP contribution in [-0.2, 0) is 4.74 Å². The van der Waals surface area contributed by atoms with Crippen LogP contribution in [0.15, 0.2) is 0 Å². The highest BCUT2D eigenvalue weighted by Gasteiger charge is 2.73. The van der Waals surface area contributed by atoms with Gasteiger partial charge in [0.2, 0.25) is 0 Å². The van der Waals surface area contributed by atoms with Crippen LogP contribution in [0.3, 0.4) is 0 Å². The van der Waals surface area contributed by atoms with Crippen LogP contribution in [-0.4, -0.2) is 34.2 Å². The van der Waals surface area contributed by atoms with Crippen LogP contribution in [0, 0.1) is 5.92 Å². The first kappa shape index (κ1) is 10.4. The molecule has 2 heterocycles. The monoisotopic (exact) mass is 224 g/mol. The molecule has 2 unspecified atom stereocenters. The number of hydrogen-bond donors (Lipinski definition) is 1. The van der Waals surface area contributed by atoms with Gasteiger partial charge >= 0.3 is 6.09 Å². The van der Waals surface area contributed by atoms with Gasteiger partial charge in [-0.25, -0.2) is 4.79 Å². The van der Waals surface area contributed by atoms with Crippen LogP contribution in [0.2, 0.25) is 0 Å². The zero-order valence-electron chi connectivity index (χ0n) is 10.2. The lowest BCUT2D eigenvalue weighted by Gasteiger charge is -2.30. The van der Waals surface area contributed by atoms with Crippen molar-refractivity contribution in [3.8, 4) is 0 Å². The second kappa shape index (κ2) is 2.73. The van der Waals surface area contributed by atoms with Gasteiger partial charge in [-0.05, 0) is 46.0 Å². The molecule has 1 spiro atoms. The highest BCUT2D eigenvalue weighted by Crippen LogP contribution is 2.63. The molecule has 2 aliphatic carbocycles. The van der Waals surface area contributed by atoms with Gasteiger partial charge in [0.25, 0.3) is 0 Å². The Kier molecular flexibility index (Phi) is 1.77. The number of nitrogens with zero attached hydrogens (tertiary/aromatic N) is 1. The minimum absolute atomic E-state index is 0.0208. The molecule has 0 aromatic carbocycles. The van der Waals surface area contributed by atoms with Crippen LogP contribution in [0.5, 0.6) is 0 Å². The number of rotatable bonds is 0. The first-order chi connectivity index (χ1) is 7.34. The third-order valence-electron chi connectivity index (χ3n) is 4.25. The van der Waals surface area contributed by atoms with Crippen LogP contribution < -0.4 is 5.73 Å². The topological polar surface area (TPSA) is 55.6 Å². The Bertz CT molecular complexity index is 343. The fourth-order valence-electron chi connectivity index (χ4n) is 3.41. The summed E-state index contributed by atoms with van der Waals surface area (Å²) in [5.74, 6) is 0.639. The summed E-state index contributed by atoms with van der Waals surface area (Å²) in [5, 5.41) is 0. The van der Waals surface area contributed by atoms with Crippen molar-refractivity contribution in [3.05, 3.63) is 0 Å². The zero-order valence-corrected chi connectivity index (χ0v) is 10.2. The number of carbonyl (C=O) groups is 1. The van der Waals surface area contributed by atoms with Crippen LogP contribution >= 0.6 is 0 Å². The molecule has 4 nitrogen and oxygen atoms in total. The molecule has 2 aliphatic heterocycles. The first-order valence-electron chi connectivity index (χ1n) is 6.12. The molecule has 4 aliphatic rings. The normalized spacial score (nSPS) is 44.5. The molecule has 1 amide bonds. The van der Waals surface area contributed by atoms with E-state index >= 15 is 0 Å². The van der Waals surface area contributed by atoms with Gasteiger partial charge in [-0.2, -0.15) is 0 Å². The summed E-state index contributed by atoms with van der Waals surface area (Å²) in [5.41, 5.74) is 5.59. The summed E-state index contributed by atoms with van der Waals surface area (Å²) < 4.78 is 5.47. The SMILES string of the molecule is CC(C)(C)OC(=O)N1C2CC(C2)C12CC2N. The molecule has 90 valence electrons. The van der Waals surface area contributed by atoms with Crippen LogP contribution in [0.1, 0.15) is 40.0 Å². The molecule has 2 bridgehead atoms. The number of hydrogen-bond acceptors (Lipinski definition) is 3. The third kappa shape index (κ3) is 1.16. The zero-order chi connectivity index (χ0) is 11.7. The standard InChI is InChI=1S/C12H20N2O2/c1-11(2,3)16-10(15)14-8-4-7(5-8)12(14)6-9(12)13/h7-9H,4-6,13H2,1-3H3. The Morgan fingerprint density at radius 1 is 1.44 bits per heavy atom. The molecule has 0 radical (unpaired) electrons. The summed E-state index contributed by atoms with van der Waals surface area (Å²) in [7, 11) is 0. The van der Waals surface area contributed by atoms with E-state index in [0.717, 1.165) is 19.3 Å². The summed E-state index contributed by atoms with van der Waals surface area (Å²) in [6, 6.07) is 0.575. The Labute approximate surface area is 96.1 Å². The molecule has 4 heteroatoms. The van der Waals surface area contributed by atoms with Gasteiger partial charge < -0.3 is 10.5 Å². The third-order valence-corrected chi connectivity index (χ3v) is 4.25. The van der Waals surface area contributed by atoms with E-state index in [4.69, 9.17) is 10.5 Å². The molecule has 16 heavy (non-hydrogen) atoms. The lowest BCUT2D eigenvalue weighted by atomic mass is 9.81. The Balaban J connectivity index is 1.78. The van der Waals surface area contributed by atoms with E-state index in [2.05, 4.69) is 0 Å². The summed E-state index contributed by atoms with van der Waals surface area (Å²) in [6.07, 6.45) is 3.07. The summed E-state index contributed by atoms with van der Waals surface area (Å²) in [6.45, 7) is 5.72. The van der Waals surface area contributed by atoms with Crippen molar-refractivity contribution in [1.82, 2.24) is 4.90 Å². The molecule has 2 saturated heterocycles. The molecule has 2 saturated carbocycles. The average molecular weight is 224 g/mol. The highest BCUT2D eigenvalue weighted by molar-refractivity contribution is 5.72. The van der Waals surface area contributed by atoms with Crippen molar-refractivity contribution < 1.29 is 9.53 Å². The van der Waals surface area contributed by atoms with Gasteiger partial charge in [0.15, 0.2) is 0 Å². The van der Waals surface area contributed by atoms with Crippen molar-refractivity contribution in [2.75, 3.05) is 0 Å². The maximum Gasteiger partial charge on any atom is 0.411 e. The fraction of sp³-hybridized carbons (Fsp3) is 0.917. The van der Waals surface area contributed by atoms with Crippen LogP contribution in [0.4, 0.5) is 4.79 Å². The molecular weight excluding hydrogens is 204 g/mol. The van der Waals surface area contributed by atoms with E-state index in [1.54, 1.807) is 0 Å². The Morgan fingerprint density at radius 3 is 2.44 bits per heavy atom. The van der Waals surface area contributed by atoms with Crippen molar-refractivity contribution in [2.45, 2.75) is 63.3 Å². The number of carbonyl (C=O) groups excluding carboxylic acids is 1. The van der Waals surface area contributed by atoms with Gasteiger partial charge in [-0.1, -0.05) is 0 Å². The number of amides is 1. The minimum atomic E-state index is -0.412. The second-order valence-electron chi connectivity index (χ2n) is 6.47. The molecular formula is C12H20N2O2. The van der Waals surface area contributed by atoms with E-state index < -0.39 is 5.60 Å². The smallest absolute Gasteiger partial charge is 0.411 e.